The maximum absolute atomic E-state index is 14.0. The van der Waals surface area contributed by atoms with Crippen molar-refractivity contribution in [1.82, 2.24) is 14.8 Å². The highest BCUT2D eigenvalue weighted by atomic mass is 35.5. The Kier molecular flexibility index (Phi) is 5.06. The van der Waals surface area contributed by atoms with Gasteiger partial charge in [0.25, 0.3) is 5.91 Å². The van der Waals surface area contributed by atoms with E-state index in [9.17, 15) is 9.18 Å². The van der Waals surface area contributed by atoms with Crippen molar-refractivity contribution in [3.05, 3.63) is 52.6 Å². The Bertz CT molecular complexity index is 1010. The predicted molar refractivity (Wildman–Crippen MR) is 118 cm³/mol. The number of rotatable bonds is 2. The molecule has 0 saturated carbocycles. The third kappa shape index (κ3) is 3.56. The minimum absolute atomic E-state index is 0.0392. The zero-order chi connectivity index (χ0) is 21.8. The summed E-state index contributed by atoms with van der Waals surface area (Å²) in [6.45, 7) is 11.4. The quantitative estimate of drug-likeness (QED) is 0.704. The molecule has 0 atom stereocenters. The van der Waals surface area contributed by atoms with Crippen molar-refractivity contribution < 1.29 is 9.18 Å². The van der Waals surface area contributed by atoms with E-state index in [4.69, 9.17) is 16.6 Å². The summed E-state index contributed by atoms with van der Waals surface area (Å²) < 4.78 is 14.0. The summed E-state index contributed by atoms with van der Waals surface area (Å²) in [6, 6.07) is 8.54. The van der Waals surface area contributed by atoms with E-state index in [-0.39, 0.29) is 21.9 Å². The smallest absolute Gasteiger partial charge is 0.272 e. The van der Waals surface area contributed by atoms with Crippen molar-refractivity contribution in [1.29, 1.82) is 0 Å². The van der Waals surface area contributed by atoms with Crippen LogP contribution in [0.1, 0.15) is 43.9 Å². The molecule has 160 valence electrons. The number of aromatic nitrogens is 1. The summed E-state index contributed by atoms with van der Waals surface area (Å²) >= 11 is 5.85. The molecular weight excluding hydrogens is 403 g/mol. The third-order valence-electron chi connectivity index (χ3n) is 6.13. The standard InChI is InChI=1S/C23H28ClFN4O/c1-22(2)13-28(15-6-7-16(24)17(25)12-15)19-9-8-18(26-20(19)22)21(30)29-11-10-27(5)14-23(29,3)4/h6-9,12H,10-11,13-14H2,1-5H3. The molecule has 30 heavy (non-hydrogen) atoms. The molecule has 1 amide bonds. The van der Waals surface area contributed by atoms with Gasteiger partial charge in [0.15, 0.2) is 0 Å². The Morgan fingerprint density at radius 3 is 2.50 bits per heavy atom. The second-order valence-corrected chi connectivity index (χ2v) is 10.0. The van der Waals surface area contributed by atoms with Crippen LogP contribution in [0.4, 0.5) is 15.8 Å². The lowest BCUT2D eigenvalue weighted by Gasteiger charge is -2.46. The van der Waals surface area contributed by atoms with Crippen LogP contribution in [0.3, 0.4) is 0 Å². The van der Waals surface area contributed by atoms with Crippen molar-refractivity contribution in [2.24, 2.45) is 0 Å². The molecule has 0 spiro atoms. The van der Waals surface area contributed by atoms with Crippen molar-refractivity contribution in [3.63, 3.8) is 0 Å². The highest BCUT2D eigenvalue weighted by Gasteiger charge is 2.40. The number of carbonyl (C=O) groups excluding carboxylic acids is 1. The molecule has 4 rings (SSSR count). The SMILES string of the molecule is CN1CCN(C(=O)c2ccc3c(n2)C(C)(C)CN3c2ccc(Cl)c(F)c2)C(C)(C)C1. The molecule has 2 aliphatic rings. The third-order valence-corrected chi connectivity index (χ3v) is 6.44. The van der Waals surface area contributed by atoms with Gasteiger partial charge in [-0.15, -0.1) is 0 Å². The Morgan fingerprint density at radius 2 is 1.83 bits per heavy atom. The van der Waals surface area contributed by atoms with Gasteiger partial charge in [0, 0.05) is 37.3 Å². The maximum atomic E-state index is 14.0. The average molecular weight is 431 g/mol. The first kappa shape index (κ1) is 21.1. The molecule has 3 heterocycles. The topological polar surface area (TPSA) is 39.7 Å². The van der Waals surface area contributed by atoms with Gasteiger partial charge >= 0.3 is 0 Å². The van der Waals surface area contributed by atoms with Crippen LogP contribution < -0.4 is 4.90 Å². The van der Waals surface area contributed by atoms with Crippen molar-refractivity contribution >= 4 is 28.9 Å². The van der Waals surface area contributed by atoms with Crippen LogP contribution in [-0.4, -0.2) is 59.5 Å². The van der Waals surface area contributed by atoms with Gasteiger partial charge in [-0.25, -0.2) is 9.37 Å². The Balaban J connectivity index is 1.69. The van der Waals surface area contributed by atoms with Crippen molar-refractivity contribution in [2.75, 3.05) is 38.1 Å². The summed E-state index contributed by atoms with van der Waals surface area (Å²) in [4.78, 5) is 24.4. The van der Waals surface area contributed by atoms with E-state index in [0.717, 1.165) is 30.2 Å². The summed E-state index contributed by atoms with van der Waals surface area (Å²) in [6.07, 6.45) is 0. The molecule has 7 heteroatoms. The first-order valence-electron chi connectivity index (χ1n) is 10.2. The van der Waals surface area contributed by atoms with Crippen LogP contribution in [0, 0.1) is 5.82 Å². The number of anilines is 2. The highest BCUT2D eigenvalue weighted by molar-refractivity contribution is 6.30. The summed E-state index contributed by atoms with van der Waals surface area (Å²) in [5.74, 6) is -0.486. The zero-order valence-corrected chi connectivity index (χ0v) is 18.9. The normalized spacial score (nSPS) is 20.4. The molecule has 0 unspecified atom stereocenters. The number of hydrogen-bond acceptors (Lipinski definition) is 4. The lowest BCUT2D eigenvalue weighted by molar-refractivity contribution is 0.0243. The van der Waals surface area contributed by atoms with Crippen LogP contribution in [0.25, 0.3) is 0 Å². The second kappa shape index (κ2) is 7.20. The molecule has 0 radical (unpaired) electrons. The fraction of sp³-hybridized carbons (Fsp3) is 0.478. The highest BCUT2D eigenvalue weighted by Crippen LogP contribution is 2.43. The Morgan fingerprint density at radius 1 is 1.10 bits per heavy atom. The van der Waals surface area contributed by atoms with E-state index in [1.165, 1.54) is 6.07 Å². The number of likely N-dealkylation sites (N-methyl/N-ethyl adjacent to an activating group) is 1. The van der Waals surface area contributed by atoms with E-state index in [1.54, 1.807) is 12.1 Å². The molecule has 0 N–H and O–H groups in total. The zero-order valence-electron chi connectivity index (χ0n) is 18.2. The maximum Gasteiger partial charge on any atom is 0.272 e. The Hall–Kier alpha value is -2.18. The van der Waals surface area contributed by atoms with Gasteiger partial charge < -0.3 is 14.7 Å². The molecule has 2 aliphatic heterocycles. The molecule has 1 fully saturated rings. The molecule has 2 aromatic rings. The molecule has 5 nitrogen and oxygen atoms in total. The number of halogens is 2. The molecule has 1 aromatic carbocycles. The van der Waals surface area contributed by atoms with Gasteiger partial charge in [-0.3, -0.25) is 4.79 Å². The van der Waals surface area contributed by atoms with Gasteiger partial charge in [-0.2, -0.15) is 0 Å². The molecule has 0 aliphatic carbocycles. The van der Waals surface area contributed by atoms with E-state index in [0.29, 0.717) is 18.8 Å². The summed E-state index contributed by atoms with van der Waals surface area (Å²) in [5, 5.41) is 0.103. The molecule has 1 aromatic heterocycles. The van der Waals surface area contributed by atoms with Crippen LogP contribution in [0.15, 0.2) is 30.3 Å². The fourth-order valence-electron chi connectivity index (χ4n) is 4.64. The molecule has 1 saturated heterocycles. The van der Waals surface area contributed by atoms with Crippen LogP contribution >= 0.6 is 11.6 Å². The second-order valence-electron chi connectivity index (χ2n) is 9.64. The number of piperazine rings is 1. The van der Waals surface area contributed by atoms with E-state index in [2.05, 4.69) is 39.6 Å². The molecular formula is C23H28ClFN4O. The minimum Gasteiger partial charge on any atom is -0.339 e. The number of benzene rings is 1. The van der Waals surface area contributed by atoms with Crippen LogP contribution in [0.2, 0.25) is 5.02 Å². The van der Waals surface area contributed by atoms with Gasteiger partial charge in [0.1, 0.15) is 11.5 Å². The summed E-state index contributed by atoms with van der Waals surface area (Å²) in [5.41, 5.74) is 2.41. The summed E-state index contributed by atoms with van der Waals surface area (Å²) in [7, 11) is 2.08. The van der Waals surface area contributed by atoms with Crippen molar-refractivity contribution in [3.8, 4) is 0 Å². The fourth-order valence-corrected chi connectivity index (χ4v) is 4.76. The number of carbonyl (C=O) groups is 1. The van der Waals surface area contributed by atoms with E-state index >= 15 is 0 Å². The first-order chi connectivity index (χ1) is 14.0. The number of hydrogen-bond donors (Lipinski definition) is 0. The van der Waals surface area contributed by atoms with Gasteiger partial charge in [0.05, 0.1) is 21.9 Å². The van der Waals surface area contributed by atoms with Crippen LogP contribution in [-0.2, 0) is 5.41 Å². The van der Waals surface area contributed by atoms with Gasteiger partial charge in [-0.05, 0) is 51.2 Å². The van der Waals surface area contributed by atoms with Crippen molar-refractivity contribution in [2.45, 2.75) is 38.6 Å². The van der Waals surface area contributed by atoms with Gasteiger partial charge in [-0.1, -0.05) is 25.4 Å². The average Bonchev–Trinajstić information content (AvgIpc) is 2.93. The van der Waals surface area contributed by atoms with Crippen LogP contribution in [0.5, 0.6) is 0 Å². The van der Waals surface area contributed by atoms with Gasteiger partial charge in [0.2, 0.25) is 0 Å². The largest absolute Gasteiger partial charge is 0.339 e. The minimum atomic E-state index is -0.447. The number of pyridine rings is 1. The number of amides is 1. The van der Waals surface area contributed by atoms with E-state index < -0.39 is 5.82 Å². The lowest BCUT2D eigenvalue weighted by Crippen LogP contribution is -2.60. The Labute approximate surface area is 182 Å². The van der Waals surface area contributed by atoms with E-state index in [1.807, 2.05) is 21.9 Å². The first-order valence-corrected chi connectivity index (χ1v) is 10.6. The number of nitrogens with zero attached hydrogens (tertiary/aromatic N) is 4. The predicted octanol–water partition coefficient (Wildman–Crippen LogP) is 4.47. The monoisotopic (exact) mass is 430 g/mol. The lowest BCUT2D eigenvalue weighted by atomic mass is 9.91. The number of fused-ring (bicyclic) bond motifs is 1. The molecule has 0 bridgehead atoms.